The first kappa shape index (κ1) is 12.2. The Labute approximate surface area is 102 Å². The van der Waals surface area contributed by atoms with Crippen molar-refractivity contribution >= 4 is 5.82 Å². The van der Waals surface area contributed by atoms with Crippen LogP contribution >= 0.6 is 0 Å². The highest BCUT2D eigenvalue weighted by Gasteiger charge is 2.22. The van der Waals surface area contributed by atoms with Gasteiger partial charge in [-0.15, -0.1) is 0 Å². The molecule has 0 aliphatic carbocycles. The van der Waals surface area contributed by atoms with Gasteiger partial charge in [0.1, 0.15) is 5.82 Å². The number of aromatic nitrogens is 1. The Balaban J connectivity index is 2.74. The van der Waals surface area contributed by atoms with E-state index in [4.69, 9.17) is 5.73 Å². The van der Waals surface area contributed by atoms with Gasteiger partial charge in [0.25, 0.3) is 5.56 Å². The lowest BCUT2D eigenvalue weighted by molar-refractivity contribution is 0.554. The molecule has 0 saturated carbocycles. The number of nitrogens with two attached hydrogens (primary N) is 1. The zero-order chi connectivity index (χ0) is 12.6. The van der Waals surface area contributed by atoms with Gasteiger partial charge in [-0.25, -0.2) is 0 Å². The number of fused-ring (bicyclic) bond motifs is 1. The summed E-state index contributed by atoms with van der Waals surface area (Å²) in [4.78, 5) is 14.2. The van der Waals surface area contributed by atoms with Gasteiger partial charge in [-0.1, -0.05) is 6.92 Å². The van der Waals surface area contributed by atoms with E-state index in [1.54, 1.807) is 6.07 Å². The van der Waals surface area contributed by atoms with Crippen molar-refractivity contribution in [2.45, 2.75) is 39.3 Å². The monoisotopic (exact) mass is 235 g/mol. The van der Waals surface area contributed by atoms with Gasteiger partial charge in [-0.05, 0) is 25.3 Å². The van der Waals surface area contributed by atoms with Crippen LogP contribution in [-0.2, 0) is 13.0 Å². The number of hydrogen-bond donors (Lipinski definition) is 1. The van der Waals surface area contributed by atoms with E-state index in [-0.39, 0.29) is 11.6 Å². The van der Waals surface area contributed by atoms with Crippen LogP contribution in [0.25, 0.3) is 0 Å². The summed E-state index contributed by atoms with van der Waals surface area (Å²) in [5.74, 6) is 1.02. The number of aryl methyl sites for hydroxylation is 1. The number of anilines is 1. The van der Waals surface area contributed by atoms with Gasteiger partial charge in [0.2, 0.25) is 0 Å². The van der Waals surface area contributed by atoms with Gasteiger partial charge >= 0.3 is 0 Å². The molecule has 1 aromatic heterocycles. The second kappa shape index (κ2) is 4.53. The van der Waals surface area contributed by atoms with Crippen LogP contribution in [0.4, 0.5) is 5.82 Å². The van der Waals surface area contributed by atoms with E-state index in [0.29, 0.717) is 0 Å². The molecule has 1 atom stereocenters. The molecule has 1 aliphatic rings. The summed E-state index contributed by atoms with van der Waals surface area (Å²) in [6.07, 6.45) is 1.88. The summed E-state index contributed by atoms with van der Waals surface area (Å²) >= 11 is 0. The van der Waals surface area contributed by atoms with Gasteiger partial charge in [-0.3, -0.25) is 9.36 Å². The van der Waals surface area contributed by atoms with Crippen LogP contribution in [0.2, 0.25) is 0 Å². The lowest BCUT2D eigenvalue weighted by atomic mass is 9.99. The van der Waals surface area contributed by atoms with E-state index in [1.807, 2.05) is 18.5 Å². The Hall–Kier alpha value is -1.29. The summed E-state index contributed by atoms with van der Waals surface area (Å²) in [6.45, 7) is 5.86. The van der Waals surface area contributed by atoms with Gasteiger partial charge in [0.05, 0.1) is 0 Å². The molecule has 2 N–H and O–H groups in total. The van der Waals surface area contributed by atoms with Gasteiger partial charge in [-0.2, -0.15) is 0 Å². The quantitative estimate of drug-likeness (QED) is 0.840. The fourth-order valence-corrected chi connectivity index (χ4v) is 2.69. The zero-order valence-electron chi connectivity index (χ0n) is 10.9. The molecule has 1 aliphatic heterocycles. The number of hydrogen-bond acceptors (Lipinski definition) is 3. The maximum absolute atomic E-state index is 12.1. The third-order valence-electron chi connectivity index (χ3n) is 3.48. The molecule has 0 aromatic carbocycles. The third kappa shape index (κ3) is 1.97. The van der Waals surface area contributed by atoms with E-state index < -0.39 is 0 Å². The van der Waals surface area contributed by atoms with Crippen LogP contribution in [-0.4, -0.2) is 18.2 Å². The van der Waals surface area contributed by atoms with Gasteiger partial charge in [0.15, 0.2) is 0 Å². The third-order valence-corrected chi connectivity index (χ3v) is 3.48. The zero-order valence-corrected chi connectivity index (χ0v) is 10.9. The summed E-state index contributed by atoms with van der Waals surface area (Å²) in [5, 5.41) is 0. The second-order valence-corrected chi connectivity index (χ2v) is 4.81. The average Bonchev–Trinajstić information content (AvgIpc) is 2.29. The van der Waals surface area contributed by atoms with E-state index >= 15 is 0 Å². The molecule has 4 heteroatoms. The maximum Gasteiger partial charge on any atom is 0.252 e. The molecule has 0 fully saturated rings. The minimum atomic E-state index is -0.0349. The van der Waals surface area contributed by atoms with E-state index in [0.717, 1.165) is 42.9 Å². The fraction of sp³-hybridized carbons (Fsp3) is 0.615. The molecule has 94 valence electrons. The van der Waals surface area contributed by atoms with Crippen molar-refractivity contribution < 1.29 is 0 Å². The predicted molar refractivity (Wildman–Crippen MR) is 70.6 cm³/mol. The van der Waals surface area contributed by atoms with Crippen molar-refractivity contribution in [1.29, 1.82) is 0 Å². The van der Waals surface area contributed by atoms with E-state index in [2.05, 4.69) is 11.8 Å². The maximum atomic E-state index is 12.1. The highest BCUT2D eigenvalue weighted by Crippen LogP contribution is 2.29. The van der Waals surface area contributed by atoms with Gasteiger partial charge in [0, 0.05) is 37.8 Å². The fourth-order valence-electron chi connectivity index (χ4n) is 2.69. The number of rotatable bonds is 2. The van der Waals surface area contributed by atoms with Crippen LogP contribution in [0, 0.1) is 0 Å². The highest BCUT2D eigenvalue weighted by molar-refractivity contribution is 5.53. The summed E-state index contributed by atoms with van der Waals surface area (Å²) in [6, 6.07) is 1.72. The Morgan fingerprint density at radius 1 is 1.47 bits per heavy atom. The number of pyridine rings is 1. The smallest absolute Gasteiger partial charge is 0.252 e. The molecule has 0 amide bonds. The molecule has 0 radical (unpaired) electrons. The molecule has 0 spiro atoms. The largest absolute Gasteiger partial charge is 0.361 e. The first-order valence-corrected chi connectivity index (χ1v) is 6.29. The molecule has 0 saturated heterocycles. The Kier molecular flexibility index (Phi) is 3.24. The van der Waals surface area contributed by atoms with Crippen molar-refractivity contribution in [3.05, 3.63) is 27.5 Å². The molecule has 1 unspecified atom stereocenters. The SMILES string of the molecule is CCc1cc(=O)n2c(c1C(C)N)N(C)CCC2. The summed E-state index contributed by atoms with van der Waals surface area (Å²) in [7, 11) is 2.04. The molecule has 1 aromatic rings. The lowest BCUT2D eigenvalue weighted by Crippen LogP contribution is -2.37. The van der Waals surface area contributed by atoms with Crippen LogP contribution in [0.5, 0.6) is 0 Å². The minimum Gasteiger partial charge on any atom is -0.361 e. The van der Waals surface area contributed by atoms with Crippen LogP contribution in [0.15, 0.2) is 10.9 Å². The lowest BCUT2D eigenvalue weighted by Gasteiger charge is -2.33. The van der Waals surface area contributed by atoms with Gasteiger partial charge < -0.3 is 10.6 Å². The topological polar surface area (TPSA) is 51.3 Å². The predicted octanol–water partition coefficient (Wildman–Crippen LogP) is 1.27. The van der Waals surface area contributed by atoms with Crippen molar-refractivity contribution in [2.24, 2.45) is 5.73 Å². The molecular formula is C13H21N3O. The van der Waals surface area contributed by atoms with Crippen LogP contribution in [0.3, 0.4) is 0 Å². The van der Waals surface area contributed by atoms with Crippen molar-refractivity contribution in [2.75, 3.05) is 18.5 Å². The van der Waals surface area contributed by atoms with Crippen LogP contribution < -0.4 is 16.2 Å². The van der Waals surface area contributed by atoms with E-state index in [1.165, 1.54) is 0 Å². The average molecular weight is 235 g/mol. The Morgan fingerprint density at radius 2 is 2.18 bits per heavy atom. The Bertz CT molecular complexity index is 476. The number of nitrogens with zero attached hydrogens (tertiary/aromatic N) is 2. The normalized spacial score (nSPS) is 16.8. The molecule has 0 bridgehead atoms. The molecule has 2 rings (SSSR count). The molecular weight excluding hydrogens is 214 g/mol. The van der Waals surface area contributed by atoms with Crippen molar-refractivity contribution in [3.63, 3.8) is 0 Å². The van der Waals surface area contributed by atoms with Crippen LogP contribution in [0.1, 0.15) is 37.4 Å². The first-order valence-electron chi connectivity index (χ1n) is 6.29. The Morgan fingerprint density at radius 3 is 2.76 bits per heavy atom. The molecule has 17 heavy (non-hydrogen) atoms. The first-order chi connectivity index (χ1) is 8.06. The second-order valence-electron chi connectivity index (χ2n) is 4.81. The molecule has 4 nitrogen and oxygen atoms in total. The highest BCUT2D eigenvalue weighted by atomic mass is 16.1. The van der Waals surface area contributed by atoms with E-state index in [9.17, 15) is 4.79 Å². The van der Waals surface area contributed by atoms with Crippen molar-refractivity contribution in [1.82, 2.24) is 4.57 Å². The van der Waals surface area contributed by atoms with Crippen molar-refractivity contribution in [3.8, 4) is 0 Å². The summed E-state index contributed by atoms with van der Waals surface area (Å²) < 4.78 is 1.86. The standard InChI is InChI=1S/C13H21N3O/c1-4-10-8-11(17)16-7-5-6-15(3)13(16)12(10)9(2)14/h8-9H,4-7,14H2,1-3H3. The minimum absolute atomic E-state index is 0.0349. The molecule has 2 heterocycles. The summed E-state index contributed by atoms with van der Waals surface area (Å²) in [5.41, 5.74) is 8.41.